The van der Waals surface area contributed by atoms with E-state index in [2.05, 4.69) is 5.32 Å². The molecule has 3 rings (SSSR count). The average Bonchev–Trinajstić information content (AvgIpc) is 2.77. The number of aliphatic hydroxyl groups is 1. The van der Waals surface area contributed by atoms with Crippen molar-refractivity contribution in [1.82, 2.24) is 10.2 Å². The molecule has 1 heterocycles. The standard InChI is InChI=1S/C23H26Cl2N2O4/c24-18-8-4-16(5-9-18)22-23(17-6-10-19(25)11-7-17)31-15-21(30)27(22)13-2-1-3-20(29)26-12-14-28/h4-11,22-23,28H,1-3,12-15H2,(H,26,29)/t22-,23+/m0/s1. The number of carbonyl (C=O) groups is 2. The van der Waals surface area contributed by atoms with Gasteiger partial charge in [-0.2, -0.15) is 0 Å². The molecule has 0 bridgehead atoms. The Balaban J connectivity index is 1.77. The molecule has 2 amide bonds. The molecule has 0 aromatic heterocycles. The molecule has 2 atom stereocenters. The van der Waals surface area contributed by atoms with Crippen LogP contribution in [-0.4, -0.2) is 48.1 Å². The lowest BCUT2D eigenvalue weighted by molar-refractivity contribution is -0.158. The van der Waals surface area contributed by atoms with Gasteiger partial charge in [0.15, 0.2) is 0 Å². The predicted molar refractivity (Wildman–Crippen MR) is 120 cm³/mol. The number of nitrogens with zero attached hydrogens (tertiary/aromatic N) is 1. The van der Waals surface area contributed by atoms with E-state index < -0.39 is 0 Å². The second kappa shape index (κ2) is 11.5. The zero-order chi connectivity index (χ0) is 22.2. The van der Waals surface area contributed by atoms with Crippen molar-refractivity contribution < 1.29 is 19.4 Å². The van der Waals surface area contributed by atoms with E-state index in [4.69, 9.17) is 33.0 Å². The fraction of sp³-hybridized carbons (Fsp3) is 0.391. The van der Waals surface area contributed by atoms with Gasteiger partial charge in [-0.15, -0.1) is 0 Å². The summed E-state index contributed by atoms with van der Waals surface area (Å²) in [6.07, 6.45) is 1.32. The Kier molecular flexibility index (Phi) is 8.72. The maximum absolute atomic E-state index is 12.8. The predicted octanol–water partition coefficient (Wildman–Crippen LogP) is 3.91. The summed E-state index contributed by atoms with van der Waals surface area (Å²) in [5.41, 5.74) is 1.86. The van der Waals surface area contributed by atoms with Gasteiger partial charge in [0.2, 0.25) is 11.8 Å². The van der Waals surface area contributed by atoms with Gasteiger partial charge in [0.1, 0.15) is 12.7 Å². The quantitative estimate of drug-likeness (QED) is 0.551. The Morgan fingerprint density at radius 2 is 1.65 bits per heavy atom. The van der Waals surface area contributed by atoms with E-state index >= 15 is 0 Å². The minimum atomic E-state index is -0.344. The topological polar surface area (TPSA) is 78.9 Å². The van der Waals surface area contributed by atoms with Gasteiger partial charge in [0.25, 0.3) is 0 Å². The number of halogens is 2. The van der Waals surface area contributed by atoms with Gasteiger partial charge in [-0.3, -0.25) is 9.59 Å². The van der Waals surface area contributed by atoms with Crippen molar-refractivity contribution in [3.8, 4) is 0 Å². The molecule has 1 saturated heterocycles. The maximum Gasteiger partial charge on any atom is 0.249 e. The van der Waals surface area contributed by atoms with Gasteiger partial charge >= 0.3 is 0 Å². The molecule has 8 heteroatoms. The summed E-state index contributed by atoms with van der Waals surface area (Å²) in [6.45, 7) is 0.673. The number of ether oxygens (including phenoxy) is 1. The smallest absolute Gasteiger partial charge is 0.249 e. The van der Waals surface area contributed by atoms with Crippen LogP contribution in [-0.2, 0) is 14.3 Å². The van der Waals surface area contributed by atoms with Crippen LogP contribution in [0.4, 0.5) is 0 Å². The second-order valence-electron chi connectivity index (χ2n) is 7.40. The van der Waals surface area contributed by atoms with Crippen molar-refractivity contribution >= 4 is 35.0 Å². The van der Waals surface area contributed by atoms with Crippen LogP contribution >= 0.6 is 23.2 Å². The SMILES string of the molecule is O=C(CCCCN1C(=O)CO[C@H](c2ccc(Cl)cc2)[C@@H]1c1ccc(Cl)cc1)NCCO. The summed E-state index contributed by atoms with van der Waals surface area (Å²) in [5, 5.41) is 12.7. The molecule has 2 N–H and O–H groups in total. The Morgan fingerprint density at radius 3 is 2.26 bits per heavy atom. The number of amides is 2. The van der Waals surface area contributed by atoms with Gasteiger partial charge in [-0.25, -0.2) is 0 Å². The van der Waals surface area contributed by atoms with Crippen LogP contribution < -0.4 is 5.32 Å². The fourth-order valence-corrected chi connectivity index (χ4v) is 3.97. The van der Waals surface area contributed by atoms with Crippen molar-refractivity contribution in [2.75, 3.05) is 26.3 Å². The molecule has 0 aliphatic carbocycles. The highest BCUT2D eigenvalue weighted by Crippen LogP contribution is 2.40. The lowest BCUT2D eigenvalue weighted by Crippen LogP contribution is -2.46. The Hall–Kier alpha value is -2.12. The van der Waals surface area contributed by atoms with Crippen LogP contribution in [0, 0.1) is 0 Å². The first kappa shape index (κ1) is 23.5. The van der Waals surface area contributed by atoms with E-state index in [0.717, 1.165) is 11.1 Å². The molecule has 2 aromatic carbocycles. The van der Waals surface area contributed by atoms with E-state index in [9.17, 15) is 9.59 Å². The van der Waals surface area contributed by atoms with Gasteiger partial charge in [0.05, 0.1) is 12.6 Å². The molecule has 0 spiro atoms. The first-order valence-corrected chi connectivity index (χ1v) is 11.0. The molecule has 6 nitrogen and oxygen atoms in total. The summed E-state index contributed by atoms with van der Waals surface area (Å²) in [6, 6.07) is 14.6. The number of hydrogen-bond donors (Lipinski definition) is 2. The van der Waals surface area contributed by atoms with Crippen molar-refractivity contribution in [2.24, 2.45) is 0 Å². The second-order valence-corrected chi connectivity index (χ2v) is 8.27. The number of benzene rings is 2. The highest BCUT2D eigenvalue weighted by atomic mass is 35.5. The van der Waals surface area contributed by atoms with E-state index in [0.29, 0.717) is 35.9 Å². The molecule has 166 valence electrons. The molecule has 0 radical (unpaired) electrons. The van der Waals surface area contributed by atoms with Crippen molar-refractivity contribution in [3.63, 3.8) is 0 Å². The van der Waals surface area contributed by atoms with Gasteiger partial charge in [-0.1, -0.05) is 47.5 Å². The summed E-state index contributed by atoms with van der Waals surface area (Å²) >= 11 is 12.1. The van der Waals surface area contributed by atoms with E-state index in [1.165, 1.54) is 0 Å². The van der Waals surface area contributed by atoms with Crippen molar-refractivity contribution in [3.05, 3.63) is 69.7 Å². The van der Waals surface area contributed by atoms with Gasteiger partial charge < -0.3 is 20.1 Å². The van der Waals surface area contributed by atoms with Gasteiger partial charge in [-0.05, 0) is 48.2 Å². The molecular weight excluding hydrogens is 439 g/mol. The molecule has 0 saturated carbocycles. The van der Waals surface area contributed by atoms with Crippen LogP contribution in [0.25, 0.3) is 0 Å². The number of morpholine rings is 1. The third-order valence-electron chi connectivity index (χ3n) is 5.23. The van der Waals surface area contributed by atoms with Gasteiger partial charge in [0, 0.05) is 29.6 Å². The summed E-state index contributed by atoms with van der Waals surface area (Å²) in [7, 11) is 0. The molecule has 2 aromatic rings. The van der Waals surface area contributed by atoms with E-state index in [1.807, 2.05) is 41.3 Å². The summed E-state index contributed by atoms with van der Waals surface area (Å²) in [5.74, 6) is -0.189. The summed E-state index contributed by atoms with van der Waals surface area (Å²) < 4.78 is 5.98. The van der Waals surface area contributed by atoms with Crippen molar-refractivity contribution in [2.45, 2.75) is 31.4 Å². The number of carbonyl (C=O) groups excluding carboxylic acids is 2. The third kappa shape index (κ3) is 6.43. The van der Waals surface area contributed by atoms with Crippen molar-refractivity contribution in [1.29, 1.82) is 0 Å². The van der Waals surface area contributed by atoms with Crippen LogP contribution in [0.15, 0.2) is 48.5 Å². The lowest BCUT2D eigenvalue weighted by Gasteiger charge is -2.41. The molecule has 1 aliphatic rings. The zero-order valence-electron chi connectivity index (χ0n) is 17.1. The van der Waals surface area contributed by atoms with Crippen LogP contribution in [0.3, 0.4) is 0 Å². The Morgan fingerprint density at radius 1 is 1.03 bits per heavy atom. The highest BCUT2D eigenvalue weighted by Gasteiger charge is 2.38. The maximum atomic E-state index is 12.8. The number of aliphatic hydroxyl groups excluding tert-OH is 1. The Bertz CT molecular complexity index is 874. The molecule has 31 heavy (non-hydrogen) atoms. The largest absolute Gasteiger partial charge is 0.395 e. The first-order chi connectivity index (χ1) is 15.0. The average molecular weight is 465 g/mol. The zero-order valence-corrected chi connectivity index (χ0v) is 18.6. The highest BCUT2D eigenvalue weighted by molar-refractivity contribution is 6.30. The normalized spacial score (nSPS) is 18.8. The number of hydrogen-bond acceptors (Lipinski definition) is 4. The number of rotatable bonds is 9. The number of unbranched alkanes of at least 4 members (excludes halogenated alkanes) is 1. The van der Waals surface area contributed by atoms with Crippen LogP contribution in [0.1, 0.15) is 42.5 Å². The van der Waals surface area contributed by atoms with E-state index in [1.54, 1.807) is 12.1 Å². The lowest BCUT2D eigenvalue weighted by atomic mass is 9.92. The van der Waals surface area contributed by atoms with E-state index in [-0.39, 0.29) is 43.7 Å². The molecule has 1 fully saturated rings. The minimum absolute atomic E-state index is 0.00559. The minimum Gasteiger partial charge on any atom is -0.395 e. The van der Waals surface area contributed by atoms with Crippen LogP contribution in [0.2, 0.25) is 10.0 Å². The molecule has 1 aliphatic heterocycles. The fourth-order valence-electron chi connectivity index (χ4n) is 3.71. The third-order valence-corrected chi connectivity index (χ3v) is 5.73. The molecular formula is C23H26Cl2N2O4. The number of nitrogens with one attached hydrogen (secondary N) is 1. The Labute approximate surface area is 192 Å². The monoisotopic (exact) mass is 464 g/mol. The first-order valence-electron chi connectivity index (χ1n) is 10.3. The summed E-state index contributed by atoms with van der Waals surface area (Å²) in [4.78, 5) is 26.4. The molecule has 0 unspecified atom stereocenters. The van der Waals surface area contributed by atoms with Crippen LogP contribution in [0.5, 0.6) is 0 Å².